The number of hydrogen-bond acceptors (Lipinski definition) is 7. The van der Waals surface area contributed by atoms with Gasteiger partial charge in [0.15, 0.2) is 11.0 Å². The van der Waals surface area contributed by atoms with Crippen molar-refractivity contribution in [2.24, 2.45) is 0 Å². The van der Waals surface area contributed by atoms with Crippen molar-refractivity contribution in [1.82, 2.24) is 14.5 Å². The molecule has 3 aromatic rings. The highest BCUT2D eigenvalue weighted by Crippen LogP contribution is 2.30. The molecule has 1 unspecified atom stereocenters. The third-order valence-electron chi connectivity index (χ3n) is 3.18. The Labute approximate surface area is 141 Å². The Bertz CT molecular complexity index is 839. The van der Waals surface area contributed by atoms with E-state index in [4.69, 9.17) is 21.4 Å². The molecule has 0 spiro atoms. The number of rotatable bonds is 5. The van der Waals surface area contributed by atoms with E-state index in [0.29, 0.717) is 28.7 Å². The van der Waals surface area contributed by atoms with Crippen LogP contribution in [-0.2, 0) is 6.42 Å². The van der Waals surface area contributed by atoms with Crippen LogP contribution in [0.15, 0.2) is 34.9 Å². The first kappa shape index (κ1) is 15.5. The van der Waals surface area contributed by atoms with Gasteiger partial charge in [-0.05, 0) is 24.0 Å². The molecule has 8 heteroatoms. The van der Waals surface area contributed by atoms with E-state index >= 15 is 0 Å². The maximum Gasteiger partial charge on any atom is 0.231 e. The van der Waals surface area contributed by atoms with Gasteiger partial charge in [-0.3, -0.25) is 0 Å². The van der Waals surface area contributed by atoms with Gasteiger partial charge in [-0.2, -0.15) is 14.6 Å². The molecule has 0 fully saturated rings. The monoisotopic (exact) mass is 345 g/mol. The lowest BCUT2D eigenvalue weighted by molar-refractivity contribution is 0.378. The van der Waals surface area contributed by atoms with Crippen LogP contribution in [0.2, 0.25) is 5.15 Å². The molecule has 0 aliphatic heterocycles. The highest BCUT2D eigenvalue weighted by molar-refractivity contribution is 7.10. The first-order chi connectivity index (χ1) is 11.2. The second-order valence-corrected chi connectivity index (χ2v) is 6.00. The van der Waals surface area contributed by atoms with Crippen molar-refractivity contribution < 1.29 is 4.52 Å². The fourth-order valence-corrected chi connectivity index (χ4v) is 3.04. The van der Waals surface area contributed by atoms with Crippen molar-refractivity contribution in [3.8, 4) is 6.07 Å². The van der Waals surface area contributed by atoms with Crippen LogP contribution in [0.1, 0.15) is 35.8 Å². The summed E-state index contributed by atoms with van der Waals surface area (Å²) >= 11 is 6.99. The molecule has 1 aromatic carbocycles. The smallest absolute Gasteiger partial charge is 0.231 e. The van der Waals surface area contributed by atoms with Gasteiger partial charge in [0.2, 0.25) is 5.89 Å². The van der Waals surface area contributed by atoms with Gasteiger partial charge >= 0.3 is 0 Å². The first-order valence-corrected chi connectivity index (χ1v) is 8.00. The standard InChI is InChI=1S/C15H12ClN5OS/c1-9(18-15-11(8-17)13(16)21-23-15)14-19-12(22-20-14)7-10-5-3-2-4-6-10/h2-6,9,18H,7H2,1H3. The molecule has 0 saturated carbocycles. The lowest BCUT2D eigenvalue weighted by Crippen LogP contribution is -2.08. The van der Waals surface area contributed by atoms with Gasteiger partial charge in [-0.25, -0.2) is 0 Å². The van der Waals surface area contributed by atoms with Crippen molar-refractivity contribution >= 4 is 28.1 Å². The largest absolute Gasteiger partial charge is 0.365 e. The van der Waals surface area contributed by atoms with Crippen LogP contribution in [0.3, 0.4) is 0 Å². The number of aromatic nitrogens is 3. The van der Waals surface area contributed by atoms with Gasteiger partial charge in [-0.15, -0.1) is 0 Å². The molecule has 0 aliphatic carbocycles. The Balaban J connectivity index is 1.71. The molecule has 6 nitrogen and oxygen atoms in total. The molecular weight excluding hydrogens is 334 g/mol. The lowest BCUT2D eigenvalue weighted by atomic mass is 10.1. The van der Waals surface area contributed by atoms with Crippen molar-refractivity contribution in [1.29, 1.82) is 5.26 Å². The molecule has 0 saturated heterocycles. The normalized spacial score (nSPS) is 11.9. The summed E-state index contributed by atoms with van der Waals surface area (Å²) in [6.45, 7) is 1.88. The predicted octanol–water partition coefficient (Wildman–Crippen LogP) is 3.82. The molecule has 1 N–H and O–H groups in total. The molecule has 0 bridgehead atoms. The zero-order valence-corrected chi connectivity index (χ0v) is 13.7. The SMILES string of the molecule is CC(Nc1snc(Cl)c1C#N)c1noc(Cc2ccccc2)n1. The minimum Gasteiger partial charge on any atom is -0.365 e. The van der Waals surface area contributed by atoms with Crippen LogP contribution in [0.25, 0.3) is 0 Å². The Hall–Kier alpha value is -2.43. The molecular formula is C15H12ClN5OS. The average Bonchev–Trinajstić information content (AvgIpc) is 3.15. The number of nitrogens with zero attached hydrogens (tertiary/aromatic N) is 4. The van der Waals surface area contributed by atoms with Crippen LogP contribution in [0.4, 0.5) is 5.00 Å². The van der Waals surface area contributed by atoms with Gasteiger partial charge in [0.1, 0.15) is 16.6 Å². The first-order valence-electron chi connectivity index (χ1n) is 6.85. The average molecular weight is 346 g/mol. The number of benzene rings is 1. The summed E-state index contributed by atoms with van der Waals surface area (Å²) in [5.74, 6) is 1.06. The molecule has 116 valence electrons. The summed E-state index contributed by atoms with van der Waals surface area (Å²) in [6.07, 6.45) is 0.580. The van der Waals surface area contributed by atoms with Crippen LogP contribution in [0, 0.1) is 11.3 Å². The fourth-order valence-electron chi connectivity index (χ4n) is 2.01. The Morgan fingerprint density at radius 2 is 2.17 bits per heavy atom. The van der Waals surface area contributed by atoms with Crippen molar-refractivity contribution in [2.75, 3.05) is 5.32 Å². The van der Waals surface area contributed by atoms with Gasteiger partial charge in [-0.1, -0.05) is 47.1 Å². The lowest BCUT2D eigenvalue weighted by Gasteiger charge is -2.08. The number of halogens is 1. The highest BCUT2D eigenvalue weighted by Gasteiger charge is 2.18. The molecule has 2 aromatic heterocycles. The van der Waals surface area contributed by atoms with E-state index in [9.17, 15) is 0 Å². The van der Waals surface area contributed by atoms with Gasteiger partial charge in [0.25, 0.3) is 0 Å². The third kappa shape index (κ3) is 3.50. The quantitative estimate of drug-likeness (QED) is 0.756. The van der Waals surface area contributed by atoms with E-state index in [1.54, 1.807) is 0 Å². The van der Waals surface area contributed by atoms with Gasteiger partial charge < -0.3 is 9.84 Å². The number of nitrogens with one attached hydrogen (secondary N) is 1. The topological polar surface area (TPSA) is 87.6 Å². The van der Waals surface area contributed by atoms with E-state index in [0.717, 1.165) is 17.1 Å². The molecule has 23 heavy (non-hydrogen) atoms. The van der Waals surface area contributed by atoms with Crippen LogP contribution < -0.4 is 5.32 Å². The van der Waals surface area contributed by atoms with Crippen molar-refractivity contribution in [3.63, 3.8) is 0 Å². The minimum atomic E-state index is -0.230. The van der Waals surface area contributed by atoms with E-state index in [1.165, 1.54) is 0 Å². The third-order valence-corrected chi connectivity index (χ3v) is 4.33. The zero-order valence-electron chi connectivity index (χ0n) is 12.2. The van der Waals surface area contributed by atoms with Crippen molar-refractivity contribution in [3.05, 3.63) is 58.3 Å². The Kier molecular flexibility index (Phi) is 4.55. The second-order valence-electron chi connectivity index (χ2n) is 4.86. The number of anilines is 1. The minimum absolute atomic E-state index is 0.199. The summed E-state index contributed by atoms with van der Waals surface area (Å²) in [5.41, 5.74) is 1.43. The molecule has 0 amide bonds. The fraction of sp³-hybridized carbons (Fsp3) is 0.200. The molecule has 0 radical (unpaired) electrons. The van der Waals surface area contributed by atoms with E-state index < -0.39 is 0 Å². The summed E-state index contributed by atoms with van der Waals surface area (Å²) in [6, 6.07) is 11.7. The summed E-state index contributed by atoms with van der Waals surface area (Å²) in [5, 5.41) is 17.0. The van der Waals surface area contributed by atoms with E-state index in [2.05, 4.69) is 19.8 Å². The molecule has 3 rings (SSSR count). The molecule has 1 atom stereocenters. The number of hydrogen-bond donors (Lipinski definition) is 1. The Morgan fingerprint density at radius 3 is 2.91 bits per heavy atom. The molecule has 2 heterocycles. The van der Waals surface area contributed by atoms with Gasteiger partial charge in [0.05, 0.1) is 12.5 Å². The van der Waals surface area contributed by atoms with E-state index in [1.807, 2.05) is 43.3 Å². The summed E-state index contributed by atoms with van der Waals surface area (Å²) in [7, 11) is 0. The highest BCUT2D eigenvalue weighted by atomic mass is 35.5. The maximum atomic E-state index is 9.08. The zero-order chi connectivity index (χ0) is 16.2. The molecule has 0 aliphatic rings. The van der Waals surface area contributed by atoms with Crippen LogP contribution >= 0.6 is 23.1 Å². The maximum absolute atomic E-state index is 9.08. The Morgan fingerprint density at radius 1 is 1.39 bits per heavy atom. The number of nitriles is 1. The second kappa shape index (κ2) is 6.77. The van der Waals surface area contributed by atoms with Crippen LogP contribution in [0.5, 0.6) is 0 Å². The predicted molar refractivity (Wildman–Crippen MR) is 87.4 cm³/mol. The van der Waals surface area contributed by atoms with Crippen molar-refractivity contribution in [2.45, 2.75) is 19.4 Å². The summed E-state index contributed by atoms with van der Waals surface area (Å²) < 4.78 is 9.24. The summed E-state index contributed by atoms with van der Waals surface area (Å²) in [4.78, 5) is 4.39. The van der Waals surface area contributed by atoms with Crippen LogP contribution in [-0.4, -0.2) is 14.5 Å². The van der Waals surface area contributed by atoms with E-state index in [-0.39, 0.29) is 11.2 Å². The van der Waals surface area contributed by atoms with Gasteiger partial charge in [0, 0.05) is 0 Å².